The largest absolute Gasteiger partial charge is 0.327 e. The predicted octanol–water partition coefficient (Wildman–Crippen LogP) is 3.71. The molecule has 2 atom stereocenters. The second-order valence-corrected chi connectivity index (χ2v) is 6.00. The van der Waals surface area contributed by atoms with E-state index in [1.807, 2.05) is 6.07 Å². The average molecular weight is 352 g/mol. The molecule has 0 bridgehead atoms. The van der Waals surface area contributed by atoms with Crippen LogP contribution in [0.25, 0.3) is 0 Å². The highest BCUT2D eigenvalue weighted by molar-refractivity contribution is 9.10. The molecule has 108 valence electrons. The normalized spacial score (nSPS) is 21.8. The van der Waals surface area contributed by atoms with Gasteiger partial charge in [0.2, 0.25) is 0 Å². The van der Waals surface area contributed by atoms with Crippen LogP contribution in [0, 0.1) is 5.82 Å². The SMILES string of the molecule is CC(N)C1CCCCN1Cc1ccc(Br)c(F)c1.Cl. The van der Waals surface area contributed by atoms with Gasteiger partial charge in [0.05, 0.1) is 4.47 Å². The Kier molecular flexibility index (Phi) is 6.74. The van der Waals surface area contributed by atoms with E-state index in [1.54, 1.807) is 12.1 Å². The Morgan fingerprint density at radius 3 is 2.84 bits per heavy atom. The molecule has 0 radical (unpaired) electrons. The molecule has 0 spiro atoms. The Bertz CT molecular complexity index is 414. The number of benzene rings is 1. The third kappa shape index (κ3) is 4.42. The first-order valence-electron chi connectivity index (χ1n) is 6.51. The lowest BCUT2D eigenvalue weighted by Gasteiger charge is -2.38. The third-order valence-electron chi connectivity index (χ3n) is 3.64. The summed E-state index contributed by atoms with van der Waals surface area (Å²) in [6, 6.07) is 5.95. The van der Waals surface area contributed by atoms with Crippen molar-refractivity contribution < 1.29 is 4.39 Å². The molecule has 2 rings (SSSR count). The predicted molar refractivity (Wildman–Crippen MR) is 83.0 cm³/mol. The summed E-state index contributed by atoms with van der Waals surface area (Å²) in [6.07, 6.45) is 3.61. The van der Waals surface area contributed by atoms with E-state index >= 15 is 0 Å². The zero-order valence-electron chi connectivity index (χ0n) is 11.1. The number of piperidine rings is 1. The van der Waals surface area contributed by atoms with Crippen molar-refractivity contribution in [3.63, 3.8) is 0 Å². The van der Waals surface area contributed by atoms with Crippen molar-refractivity contribution in [2.75, 3.05) is 6.54 Å². The van der Waals surface area contributed by atoms with Crippen LogP contribution >= 0.6 is 28.3 Å². The minimum absolute atomic E-state index is 0. The standard InChI is InChI=1S/C14H20BrFN2.ClH/c1-10(17)14-4-2-3-7-18(14)9-11-5-6-12(15)13(16)8-11;/h5-6,8,10,14H,2-4,7,9,17H2,1H3;1H. The van der Waals surface area contributed by atoms with Crippen molar-refractivity contribution in [2.45, 2.75) is 44.8 Å². The summed E-state index contributed by atoms with van der Waals surface area (Å²) in [5.41, 5.74) is 7.06. The quantitative estimate of drug-likeness (QED) is 0.899. The molecule has 0 saturated carbocycles. The molecule has 1 heterocycles. The van der Waals surface area contributed by atoms with E-state index in [0.29, 0.717) is 10.5 Å². The lowest BCUT2D eigenvalue weighted by molar-refractivity contribution is 0.123. The number of nitrogens with zero attached hydrogens (tertiary/aromatic N) is 1. The van der Waals surface area contributed by atoms with Crippen LogP contribution in [0.2, 0.25) is 0 Å². The Hall–Kier alpha value is -0.160. The molecular weight excluding hydrogens is 331 g/mol. The first kappa shape index (κ1) is 16.9. The Labute approximate surface area is 129 Å². The molecule has 19 heavy (non-hydrogen) atoms. The molecule has 2 N–H and O–H groups in total. The van der Waals surface area contributed by atoms with E-state index in [2.05, 4.69) is 27.8 Å². The molecule has 5 heteroatoms. The number of hydrogen-bond donors (Lipinski definition) is 1. The van der Waals surface area contributed by atoms with Crippen LogP contribution in [0.3, 0.4) is 0 Å². The topological polar surface area (TPSA) is 29.3 Å². The van der Waals surface area contributed by atoms with Crippen LogP contribution in [0.1, 0.15) is 31.7 Å². The fourth-order valence-corrected chi connectivity index (χ4v) is 2.93. The summed E-state index contributed by atoms with van der Waals surface area (Å²) in [6.45, 7) is 3.91. The highest BCUT2D eigenvalue weighted by Gasteiger charge is 2.25. The zero-order valence-corrected chi connectivity index (χ0v) is 13.5. The molecule has 0 aliphatic carbocycles. The van der Waals surface area contributed by atoms with Gasteiger partial charge in [0.25, 0.3) is 0 Å². The van der Waals surface area contributed by atoms with Gasteiger partial charge in [-0.1, -0.05) is 12.5 Å². The number of halogens is 3. The Balaban J connectivity index is 0.00000180. The number of likely N-dealkylation sites (tertiary alicyclic amines) is 1. The first-order chi connectivity index (χ1) is 8.58. The summed E-state index contributed by atoms with van der Waals surface area (Å²) in [5, 5.41) is 0. The van der Waals surface area contributed by atoms with Crippen LogP contribution in [-0.2, 0) is 6.54 Å². The number of hydrogen-bond acceptors (Lipinski definition) is 2. The van der Waals surface area contributed by atoms with Gasteiger partial charge in [0, 0.05) is 18.6 Å². The van der Waals surface area contributed by atoms with E-state index in [9.17, 15) is 4.39 Å². The van der Waals surface area contributed by atoms with E-state index in [1.165, 1.54) is 12.8 Å². The van der Waals surface area contributed by atoms with Crippen LogP contribution in [0.15, 0.2) is 22.7 Å². The van der Waals surface area contributed by atoms with Crippen LogP contribution in [0.5, 0.6) is 0 Å². The smallest absolute Gasteiger partial charge is 0.137 e. The highest BCUT2D eigenvalue weighted by Crippen LogP contribution is 2.23. The van der Waals surface area contributed by atoms with Crippen molar-refractivity contribution >= 4 is 28.3 Å². The minimum atomic E-state index is -0.193. The fraction of sp³-hybridized carbons (Fsp3) is 0.571. The molecule has 1 aliphatic rings. The van der Waals surface area contributed by atoms with Gasteiger partial charge in [-0.2, -0.15) is 0 Å². The lowest BCUT2D eigenvalue weighted by atomic mass is 9.96. The number of nitrogens with two attached hydrogens (primary N) is 1. The molecule has 1 aromatic carbocycles. The van der Waals surface area contributed by atoms with Crippen LogP contribution < -0.4 is 5.73 Å². The summed E-state index contributed by atoms with van der Waals surface area (Å²) < 4.78 is 14.0. The van der Waals surface area contributed by atoms with Crippen molar-refractivity contribution in [3.8, 4) is 0 Å². The highest BCUT2D eigenvalue weighted by atomic mass is 79.9. The van der Waals surface area contributed by atoms with Gasteiger partial charge >= 0.3 is 0 Å². The van der Waals surface area contributed by atoms with Gasteiger partial charge in [0.15, 0.2) is 0 Å². The third-order valence-corrected chi connectivity index (χ3v) is 4.28. The fourth-order valence-electron chi connectivity index (χ4n) is 2.68. The Morgan fingerprint density at radius 1 is 1.47 bits per heavy atom. The Morgan fingerprint density at radius 2 is 2.21 bits per heavy atom. The summed E-state index contributed by atoms with van der Waals surface area (Å²) >= 11 is 3.18. The average Bonchev–Trinajstić information content (AvgIpc) is 2.34. The van der Waals surface area contributed by atoms with E-state index < -0.39 is 0 Å². The summed E-state index contributed by atoms with van der Waals surface area (Å²) in [7, 11) is 0. The minimum Gasteiger partial charge on any atom is -0.327 e. The van der Waals surface area contributed by atoms with Crippen molar-refractivity contribution in [1.82, 2.24) is 4.90 Å². The molecule has 1 aromatic rings. The maximum absolute atomic E-state index is 13.5. The van der Waals surface area contributed by atoms with Gasteiger partial charge in [0.1, 0.15) is 5.82 Å². The maximum atomic E-state index is 13.5. The lowest BCUT2D eigenvalue weighted by Crippen LogP contribution is -2.48. The van der Waals surface area contributed by atoms with Crippen molar-refractivity contribution in [2.24, 2.45) is 5.73 Å². The van der Waals surface area contributed by atoms with Gasteiger partial charge in [-0.25, -0.2) is 4.39 Å². The second-order valence-electron chi connectivity index (χ2n) is 5.14. The first-order valence-corrected chi connectivity index (χ1v) is 7.31. The molecule has 1 saturated heterocycles. The van der Waals surface area contributed by atoms with Gasteiger partial charge < -0.3 is 5.73 Å². The van der Waals surface area contributed by atoms with E-state index in [0.717, 1.165) is 25.1 Å². The van der Waals surface area contributed by atoms with Crippen LogP contribution in [0.4, 0.5) is 4.39 Å². The van der Waals surface area contributed by atoms with Gasteiger partial charge in [-0.15, -0.1) is 12.4 Å². The van der Waals surface area contributed by atoms with Gasteiger partial charge in [-0.3, -0.25) is 4.90 Å². The summed E-state index contributed by atoms with van der Waals surface area (Å²) in [4.78, 5) is 2.39. The van der Waals surface area contributed by atoms with E-state index in [-0.39, 0.29) is 24.3 Å². The molecular formula is C14H21BrClFN2. The maximum Gasteiger partial charge on any atom is 0.137 e. The van der Waals surface area contributed by atoms with Crippen LogP contribution in [-0.4, -0.2) is 23.5 Å². The van der Waals surface area contributed by atoms with E-state index in [4.69, 9.17) is 5.73 Å². The molecule has 1 aliphatic heterocycles. The molecule has 2 unspecified atom stereocenters. The summed E-state index contributed by atoms with van der Waals surface area (Å²) in [5.74, 6) is -0.193. The van der Waals surface area contributed by atoms with Gasteiger partial charge in [-0.05, 0) is 59.9 Å². The second kappa shape index (κ2) is 7.58. The van der Waals surface area contributed by atoms with Crippen molar-refractivity contribution in [3.05, 3.63) is 34.1 Å². The molecule has 1 fully saturated rings. The zero-order chi connectivity index (χ0) is 13.1. The molecule has 0 amide bonds. The monoisotopic (exact) mass is 350 g/mol. The van der Waals surface area contributed by atoms with Crippen molar-refractivity contribution in [1.29, 1.82) is 0 Å². The molecule has 2 nitrogen and oxygen atoms in total. The number of rotatable bonds is 3. The molecule has 0 aromatic heterocycles.